The van der Waals surface area contributed by atoms with Crippen LogP contribution in [-0.4, -0.2) is 83.8 Å². The van der Waals surface area contributed by atoms with Crippen molar-refractivity contribution in [3.63, 3.8) is 0 Å². The highest BCUT2D eigenvalue weighted by molar-refractivity contribution is 7.93. The van der Waals surface area contributed by atoms with Crippen LogP contribution in [0.3, 0.4) is 0 Å². The number of hydrogen-bond acceptors (Lipinski definition) is 9. The number of anilines is 1. The zero-order valence-electron chi connectivity index (χ0n) is 22.6. The van der Waals surface area contributed by atoms with Gasteiger partial charge in [0, 0.05) is 37.2 Å². The van der Waals surface area contributed by atoms with E-state index in [9.17, 15) is 34.1 Å². The van der Waals surface area contributed by atoms with Gasteiger partial charge in [-0.3, -0.25) is 0 Å². The summed E-state index contributed by atoms with van der Waals surface area (Å²) in [5, 5.41) is 51.6. The number of sulfonamides is 1. The topological polar surface area (TPSA) is 168 Å². The Morgan fingerprint density at radius 3 is 2.46 bits per heavy atom. The molecule has 2 fully saturated rings. The highest BCUT2D eigenvalue weighted by Gasteiger charge is 2.45. The van der Waals surface area contributed by atoms with Crippen LogP contribution in [0, 0.1) is 11.3 Å². The van der Waals surface area contributed by atoms with Gasteiger partial charge in [-0.05, 0) is 72.0 Å². The Morgan fingerprint density at radius 1 is 1.05 bits per heavy atom. The normalized spacial score (nSPS) is 25.8. The van der Waals surface area contributed by atoms with Crippen LogP contribution in [0.2, 0.25) is 0 Å². The number of fused-ring (bicyclic) bond motifs is 1. The monoisotopic (exact) mass is 582 g/mol. The number of nitrogens with zero attached hydrogens (tertiary/aromatic N) is 3. The first kappa shape index (κ1) is 29.2. The van der Waals surface area contributed by atoms with Crippen molar-refractivity contribution < 1.29 is 33.6 Å². The van der Waals surface area contributed by atoms with Crippen molar-refractivity contribution in [2.45, 2.75) is 49.9 Å². The Morgan fingerprint density at radius 2 is 1.76 bits per heavy atom. The quantitative estimate of drug-likeness (QED) is 0.259. The molecule has 218 valence electrons. The number of aliphatic hydroxyl groups is 4. The molecule has 5 N–H and O–H groups in total. The Balaban J connectivity index is 1.38. The van der Waals surface area contributed by atoms with Crippen molar-refractivity contribution >= 4 is 32.6 Å². The molecule has 0 bridgehead atoms. The number of nitriles is 1. The zero-order valence-corrected chi connectivity index (χ0v) is 23.4. The van der Waals surface area contributed by atoms with E-state index in [0.29, 0.717) is 5.69 Å². The number of ether oxygens (including phenoxy) is 1. The Labute approximate surface area is 238 Å². The molecule has 41 heavy (non-hydrogen) atoms. The highest BCUT2D eigenvalue weighted by atomic mass is 32.2. The maximum Gasteiger partial charge on any atom is 0.251 e. The fraction of sp³-hybridized carbons (Fsp3) is 0.414. The maximum atomic E-state index is 13.0. The lowest BCUT2D eigenvalue weighted by molar-refractivity contribution is -0.251. The van der Waals surface area contributed by atoms with E-state index < -0.39 is 52.2 Å². The first-order chi connectivity index (χ1) is 19.6. The summed E-state index contributed by atoms with van der Waals surface area (Å²) in [7, 11) is -2.78. The van der Waals surface area contributed by atoms with E-state index in [0.717, 1.165) is 35.1 Å². The predicted molar refractivity (Wildman–Crippen MR) is 154 cm³/mol. The molecule has 5 atom stereocenters. The summed E-state index contributed by atoms with van der Waals surface area (Å²) in [5.41, 5.74) is 3.38. The molecule has 12 heteroatoms. The van der Waals surface area contributed by atoms with Gasteiger partial charge in [-0.1, -0.05) is 18.2 Å². The van der Waals surface area contributed by atoms with E-state index in [1.54, 1.807) is 23.8 Å². The second-order valence-corrected chi connectivity index (χ2v) is 12.2. The second kappa shape index (κ2) is 11.9. The predicted octanol–water partition coefficient (Wildman–Crippen LogP) is 1.42. The van der Waals surface area contributed by atoms with Gasteiger partial charge >= 0.3 is 0 Å². The molecule has 1 unspecified atom stereocenters. The number of rotatable bonds is 7. The fourth-order valence-electron chi connectivity index (χ4n) is 5.47. The van der Waals surface area contributed by atoms with Gasteiger partial charge in [0.1, 0.15) is 30.4 Å². The van der Waals surface area contributed by atoms with Crippen LogP contribution in [0.4, 0.5) is 5.69 Å². The van der Waals surface area contributed by atoms with E-state index in [1.807, 2.05) is 16.9 Å². The molecular formula is C29H34N4O7S. The van der Waals surface area contributed by atoms with E-state index in [4.69, 9.17) is 4.74 Å². The van der Waals surface area contributed by atoms with Crippen molar-refractivity contribution in [3.05, 3.63) is 59.1 Å². The summed E-state index contributed by atoms with van der Waals surface area (Å²) >= 11 is 0. The van der Waals surface area contributed by atoms with Crippen LogP contribution >= 0.6 is 0 Å². The van der Waals surface area contributed by atoms with Crippen molar-refractivity contribution in [1.29, 1.82) is 5.26 Å². The van der Waals surface area contributed by atoms with Gasteiger partial charge in [0.25, 0.3) is 10.0 Å². The Hall–Kier alpha value is -3.28. The number of nitrogens with one attached hydrogen (secondary N) is 1. The summed E-state index contributed by atoms with van der Waals surface area (Å²) in [6, 6.07) is 16.1. The molecule has 2 aliphatic rings. The maximum absolute atomic E-state index is 13.0. The standard InChI is InChI=1S/C29H34N4O7S/c1-32-21(15-23(16-30)41(38,39)31-26-28(36)27(35)25(17-34)40-29(26)37)9-10-24(32)20-6-5-19-14-22(8-7-18(19)13-20)33-11-3-2-4-12-33/h5-10,13-15,25-29,31,34-37H,2-4,11-12,17H2,1H3/b23-15+/t25-,26-,27-,28-,29?/m1/s1. The van der Waals surface area contributed by atoms with Crippen LogP contribution in [0.15, 0.2) is 53.4 Å². The van der Waals surface area contributed by atoms with E-state index in [-0.39, 0.29) is 0 Å². The fourth-order valence-corrected chi connectivity index (χ4v) is 6.61. The third kappa shape index (κ3) is 5.89. The zero-order chi connectivity index (χ0) is 29.3. The second-order valence-electron chi connectivity index (χ2n) is 10.5. The number of piperidine rings is 1. The van der Waals surface area contributed by atoms with Gasteiger partial charge < -0.3 is 34.6 Å². The van der Waals surface area contributed by atoms with Crippen LogP contribution in [0.5, 0.6) is 0 Å². The van der Waals surface area contributed by atoms with Crippen molar-refractivity contribution in [1.82, 2.24) is 9.29 Å². The lowest BCUT2D eigenvalue weighted by Gasteiger charge is -2.40. The van der Waals surface area contributed by atoms with Crippen molar-refractivity contribution in [3.8, 4) is 17.3 Å². The van der Waals surface area contributed by atoms with Crippen LogP contribution < -0.4 is 9.62 Å². The molecule has 0 aliphatic carbocycles. The number of aliphatic hydroxyl groups excluding tert-OH is 4. The molecule has 2 saturated heterocycles. The summed E-state index contributed by atoms with van der Waals surface area (Å²) < 4.78 is 34.9. The molecule has 0 spiro atoms. The summed E-state index contributed by atoms with van der Waals surface area (Å²) in [6.45, 7) is 1.45. The van der Waals surface area contributed by atoms with Gasteiger partial charge in [-0.15, -0.1) is 0 Å². The molecule has 3 aromatic rings. The number of allylic oxidation sites excluding steroid dienone is 1. The minimum Gasteiger partial charge on any atom is -0.394 e. The third-order valence-electron chi connectivity index (χ3n) is 7.87. The molecule has 11 nitrogen and oxygen atoms in total. The summed E-state index contributed by atoms with van der Waals surface area (Å²) in [4.78, 5) is 1.76. The van der Waals surface area contributed by atoms with Gasteiger partial charge in [0.05, 0.1) is 6.61 Å². The molecule has 5 rings (SSSR count). The highest BCUT2D eigenvalue weighted by Crippen LogP contribution is 2.30. The number of hydrogen-bond donors (Lipinski definition) is 5. The summed E-state index contributed by atoms with van der Waals surface area (Å²) in [5.74, 6) is 0. The van der Waals surface area contributed by atoms with E-state index >= 15 is 0 Å². The minimum absolute atomic E-state index is 0.434. The lowest BCUT2D eigenvalue weighted by atomic mass is 9.98. The Kier molecular flexibility index (Phi) is 8.49. The van der Waals surface area contributed by atoms with Crippen molar-refractivity contribution in [2.75, 3.05) is 24.6 Å². The minimum atomic E-state index is -4.54. The van der Waals surface area contributed by atoms with Gasteiger partial charge in [-0.25, -0.2) is 8.42 Å². The molecule has 0 saturated carbocycles. The lowest BCUT2D eigenvalue weighted by Crippen LogP contribution is -2.64. The van der Waals surface area contributed by atoms with Crippen LogP contribution in [0.1, 0.15) is 25.0 Å². The average molecular weight is 583 g/mol. The van der Waals surface area contributed by atoms with Crippen LogP contribution in [0.25, 0.3) is 28.1 Å². The van der Waals surface area contributed by atoms with E-state index in [2.05, 4.69) is 35.2 Å². The molecule has 3 heterocycles. The van der Waals surface area contributed by atoms with Gasteiger partial charge in [-0.2, -0.15) is 9.98 Å². The smallest absolute Gasteiger partial charge is 0.251 e. The molecular weight excluding hydrogens is 548 g/mol. The SMILES string of the molecule is Cn1c(/C=C(\C#N)S(=O)(=O)N[C@H]2C(O)O[C@H](CO)[C@@H](O)[C@@H]2O)ccc1-c1ccc2cc(N3CCCCC3)ccc2c1. The largest absolute Gasteiger partial charge is 0.394 e. The molecule has 0 radical (unpaired) electrons. The van der Waals surface area contributed by atoms with Gasteiger partial charge in [0.15, 0.2) is 11.2 Å². The first-order valence-electron chi connectivity index (χ1n) is 13.5. The third-order valence-corrected chi connectivity index (χ3v) is 9.24. The van der Waals surface area contributed by atoms with Crippen LogP contribution in [-0.2, 0) is 21.8 Å². The summed E-state index contributed by atoms with van der Waals surface area (Å²) in [6.07, 6.45) is -1.70. The number of benzene rings is 2. The van der Waals surface area contributed by atoms with E-state index in [1.165, 1.54) is 31.0 Å². The number of aromatic nitrogens is 1. The first-order valence-corrected chi connectivity index (χ1v) is 15.0. The molecule has 2 aromatic carbocycles. The Bertz CT molecular complexity index is 1590. The van der Waals surface area contributed by atoms with Crippen molar-refractivity contribution in [2.24, 2.45) is 7.05 Å². The molecule has 1 aromatic heterocycles. The van der Waals surface area contributed by atoms with Gasteiger partial charge in [0.2, 0.25) is 0 Å². The average Bonchev–Trinajstić information content (AvgIpc) is 3.35. The molecule has 2 aliphatic heterocycles. The molecule has 0 amide bonds.